The molecule has 2 aromatic carbocycles. The lowest BCUT2D eigenvalue weighted by molar-refractivity contribution is -0.119. The summed E-state index contributed by atoms with van der Waals surface area (Å²) < 4.78 is 1.85. The Morgan fingerprint density at radius 3 is 2.79 bits per heavy atom. The van der Waals surface area contributed by atoms with Crippen LogP contribution in [0.2, 0.25) is 0 Å². The molecule has 0 aliphatic carbocycles. The number of aromatic nitrogens is 2. The molecule has 4 rings (SSSR count). The van der Waals surface area contributed by atoms with Gasteiger partial charge in [-0.3, -0.25) is 4.79 Å². The Kier molecular flexibility index (Phi) is 6.77. The number of anilines is 2. The highest BCUT2D eigenvalue weighted by atomic mass is 35.5. The van der Waals surface area contributed by atoms with Crippen LogP contribution >= 0.6 is 12.4 Å². The van der Waals surface area contributed by atoms with Crippen molar-refractivity contribution in [3.8, 4) is 5.69 Å². The van der Waals surface area contributed by atoms with Gasteiger partial charge in [-0.15, -0.1) is 12.4 Å². The van der Waals surface area contributed by atoms with Crippen LogP contribution < -0.4 is 16.0 Å². The van der Waals surface area contributed by atoms with Crippen LogP contribution in [0.1, 0.15) is 17.5 Å². The van der Waals surface area contributed by atoms with Gasteiger partial charge in [0.05, 0.1) is 18.4 Å². The summed E-state index contributed by atoms with van der Waals surface area (Å²) in [5.74, 6) is 0.0331. The van der Waals surface area contributed by atoms with E-state index in [0.29, 0.717) is 13.1 Å². The molecule has 6 nitrogen and oxygen atoms in total. The zero-order chi connectivity index (χ0) is 19.3. The third kappa shape index (κ3) is 4.90. The molecule has 0 saturated carbocycles. The van der Waals surface area contributed by atoms with Gasteiger partial charge in [0, 0.05) is 30.7 Å². The van der Waals surface area contributed by atoms with Gasteiger partial charge in [-0.25, -0.2) is 4.68 Å². The van der Waals surface area contributed by atoms with Crippen molar-refractivity contribution in [2.45, 2.75) is 19.3 Å². The van der Waals surface area contributed by atoms with Crippen molar-refractivity contribution in [3.05, 3.63) is 72.1 Å². The van der Waals surface area contributed by atoms with E-state index in [1.165, 1.54) is 0 Å². The normalized spacial score (nSPS) is 12.8. The third-order valence-corrected chi connectivity index (χ3v) is 5.11. The van der Waals surface area contributed by atoms with Crippen molar-refractivity contribution in [2.24, 2.45) is 0 Å². The monoisotopic (exact) mass is 411 g/mol. The third-order valence-electron chi connectivity index (χ3n) is 5.11. The average molecular weight is 412 g/mol. The maximum Gasteiger partial charge on any atom is 0.239 e. The molecule has 29 heavy (non-hydrogen) atoms. The Labute approximate surface area is 177 Å². The van der Waals surface area contributed by atoms with Crippen molar-refractivity contribution in [1.82, 2.24) is 15.1 Å². The first kappa shape index (κ1) is 20.7. The van der Waals surface area contributed by atoms with Gasteiger partial charge in [0.25, 0.3) is 0 Å². The number of nitrogens with two attached hydrogens (primary N) is 1. The Morgan fingerprint density at radius 1 is 1.14 bits per heavy atom. The minimum Gasteiger partial charge on any atom is -0.398 e. The fourth-order valence-electron chi connectivity index (χ4n) is 3.68. The highest BCUT2D eigenvalue weighted by molar-refractivity contribution is 5.85. The van der Waals surface area contributed by atoms with Crippen molar-refractivity contribution in [2.75, 3.05) is 30.3 Å². The lowest BCUT2D eigenvalue weighted by atomic mass is 10.00. The van der Waals surface area contributed by atoms with E-state index in [1.807, 2.05) is 59.5 Å². The summed E-state index contributed by atoms with van der Waals surface area (Å²) in [6.07, 6.45) is 6.61. The molecule has 2 heterocycles. The van der Waals surface area contributed by atoms with E-state index in [1.54, 1.807) is 0 Å². The molecule has 3 aromatic rings. The van der Waals surface area contributed by atoms with E-state index in [-0.39, 0.29) is 18.3 Å². The predicted molar refractivity (Wildman–Crippen MR) is 119 cm³/mol. The second-order valence-corrected chi connectivity index (χ2v) is 7.10. The number of fused-ring (bicyclic) bond motifs is 1. The number of carbonyl (C=O) groups is 1. The molecule has 152 valence electrons. The molecule has 0 spiro atoms. The number of halogens is 1. The molecule has 0 saturated heterocycles. The van der Waals surface area contributed by atoms with Gasteiger partial charge in [-0.05, 0) is 54.7 Å². The molecule has 0 atom stereocenters. The van der Waals surface area contributed by atoms with Crippen LogP contribution in [0.25, 0.3) is 5.69 Å². The van der Waals surface area contributed by atoms with E-state index in [2.05, 4.69) is 21.4 Å². The lowest BCUT2D eigenvalue weighted by Gasteiger charge is -2.31. The first-order chi connectivity index (χ1) is 13.7. The van der Waals surface area contributed by atoms with E-state index in [4.69, 9.17) is 5.73 Å². The molecule has 7 heteroatoms. The molecule has 1 amide bonds. The van der Waals surface area contributed by atoms with Crippen LogP contribution in [0.4, 0.5) is 11.4 Å². The van der Waals surface area contributed by atoms with E-state index in [9.17, 15) is 4.79 Å². The largest absolute Gasteiger partial charge is 0.398 e. The van der Waals surface area contributed by atoms with Crippen LogP contribution in [0.15, 0.2) is 60.9 Å². The molecular formula is C22H26ClN5O. The summed E-state index contributed by atoms with van der Waals surface area (Å²) in [5, 5.41) is 7.42. The van der Waals surface area contributed by atoms with Crippen LogP contribution in [-0.2, 0) is 17.6 Å². The summed E-state index contributed by atoms with van der Waals surface area (Å²) in [5.41, 5.74) is 11.3. The molecule has 1 aliphatic heterocycles. The van der Waals surface area contributed by atoms with E-state index < -0.39 is 0 Å². The van der Waals surface area contributed by atoms with Crippen LogP contribution in [0.5, 0.6) is 0 Å². The van der Waals surface area contributed by atoms with Crippen molar-refractivity contribution < 1.29 is 4.79 Å². The molecule has 0 bridgehead atoms. The molecule has 0 unspecified atom stereocenters. The van der Waals surface area contributed by atoms with Gasteiger partial charge in [0.2, 0.25) is 5.91 Å². The molecule has 0 fully saturated rings. The summed E-state index contributed by atoms with van der Waals surface area (Å²) >= 11 is 0. The van der Waals surface area contributed by atoms with Gasteiger partial charge < -0.3 is 16.0 Å². The quantitative estimate of drug-likeness (QED) is 0.611. The first-order valence-corrected chi connectivity index (χ1v) is 9.69. The topological polar surface area (TPSA) is 76.2 Å². The standard InChI is InChI=1S/C22H25N5O.ClH/c23-20-9-4-10-21-19(20)8-5-13-26(21)16-22(28)24-12-11-17-14-25-27(15-17)18-6-2-1-3-7-18;/h1-4,6-7,9-10,14-15H,5,8,11-13,16,23H2,(H,24,28);1H. The fraction of sp³-hybridized carbons (Fsp3) is 0.273. The minimum absolute atomic E-state index is 0. The Balaban J connectivity index is 0.00000240. The SMILES string of the molecule is Cl.Nc1cccc2c1CCCN2CC(=O)NCCc1cnn(-c2ccccc2)c1. The van der Waals surface area contributed by atoms with Crippen molar-refractivity contribution >= 4 is 29.7 Å². The molecule has 3 N–H and O–H groups in total. The molecule has 1 aliphatic rings. The maximum absolute atomic E-state index is 12.4. The summed E-state index contributed by atoms with van der Waals surface area (Å²) in [7, 11) is 0. The zero-order valence-electron chi connectivity index (χ0n) is 16.3. The zero-order valence-corrected chi connectivity index (χ0v) is 17.1. The second-order valence-electron chi connectivity index (χ2n) is 7.10. The number of benzene rings is 2. The number of rotatable bonds is 6. The van der Waals surface area contributed by atoms with Crippen LogP contribution in [0, 0.1) is 0 Å². The number of nitrogens with one attached hydrogen (secondary N) is 1. The van der Waals surface area contributed by atoms with Crippen molar-refractivity contribution in [3.63, 3.8) is 0 Å². The van der Waals surface area contributed by atoms with E-state index in [0.717, 1.165) is 54.0 Å². The summed E-state index contributed by atoms with van der Waals surface area (Å²) in [4.78, 5) is 14.5. The molecule has 1 aromatic heterocycles. The Hall–Kier alpha value is -2.99. The van der Waals surface area contributed by atoms with Gasteiger partial charge in [-0.2, -0.15) is 5.10 Å². The predicted octanol–water partition coefficient (Wildman–Crippen LogP) is 2.99. The van der Waals surface area contributed by atoms with Gasteiger partial charge >= 0.3 is 0 Å². The number of nitrogen functional groups attached to an aromatic ring is 1. The summed E-state index contributed by atoms with van der Waals surface area (Å²) in [6.45, 7) is 1.84. The minimum atomic E-state index is 0. The van der Waals surface area contributed by atoms with Gasteiger partial charge in [0.15, 0.2) is 0 Å². The lowest BCUT2D eigenvalue weighted by Crippen LogP contribution is -2.40. The average Bonchev–Trinajstić information content (AvgIpc) is 3.18. The van der Waals surface area contributed by atoms with Crippen LogP contribution in [0.3, 0.4) is 0 Å². The number of amides is 1. The highest BCUT2D eigenvalue weighted by Gasteiger charge is 2.20. The number of hydrogen-bond donors (Lipinski definition) is 2. The smallest absolute Gasteiger partial charge is 0.239 e. The fourth-order valence-corrected chi connectivity index (χ4v) is 3.68. The second kappa shape index (κ2) is 9.47. The Bertz CT molecular complexity index is 957. The number of carbonyl (C=O) groups excluding carboxylic acids is 1. The number of hydrogen-bond acceptors (Lipinski definition) is 4. The highest BCUT2D eigenvalue weighted by Crippen LogP contribution is 2.30. The molecule has 0 radical (unpaired) electrons. The number of para-hydroxylation sites is 1. The number of nitrogens with zero attached hydrogens (tertiary/aromatic N) is 3. The van der Waals surface area contributed by atoms with Gasteiger partial charge in [0.1, 0.15) is 0 Å². The summed E-state index contributed by atoms with van der Waals surface area (Å²) in [6, 6.07) is 15.9. The maximum atomic E-state index is 12.4. The van der Waals surface area contributed by atoms with Gasteiger partial charge in [-0.1, -0.05) is 24.3 Å². The van der Waals surface area contributed by atoms with Crippen molar-refractivity contribution in [1.29, 1.82) is 0 Å². The van der Waals surface area contributed by atoms with Crippen LogP contribution in [-0.4, -0.2) is 35.3 Å². The van der Waals surface area contributed by atoms with E-state index >= 15 is 0 Å². The molecular weight excluding hydrogens is 386 g/mol. The Morgan fingerprint density at radius 2 is 1.97 bits per heavy atom. The first-order valence-electron chi connectivity index (χ1n) is 9.69.